The van der Waals surface area contributed by atoms with Gasteiger partial charge in [0, 0.05) is 17.5 Å². The molecule has 1 heterocycles. The van der Waals surface area contributed by atoms with Gasteiger partial charge in [-0.1, -0.05) is 41.4 Å². The highest BCUT2D eigenvalue weighted by molar-refractivity contribution is 6.31. The van der Waals surface area contributed by atoms with E-state index < -0.39 is 0 Å². The van der Waals surface area contributed by atoms with Crippen molar-refractivity contribution in [2.75, 3.05) is 7.05 Å². The zero-order valence-electron chi connectivity index (χ0n) is 13.3. The normalized spacial score (nSPS) is 12.3. The molecule has 0 fully saturated rings. The van der Waals surface area contributed by atoms with Crippen LogP contribution in [0.2, 0.25) is 5.02 Å². The minimum atomic E-state index is -0.146. The number of H-pyrrole nitrogens is 1. The van der Waals surface area contributed by atoms with Gasteiger partial charge in [0.25, 0.3) is 5.91 Å². The molecule has 1 N–H and O–H groups in total. The molecule has 0 radical (unpaired) electrons. The summed E-state index contributed by atoms with van der Waals surface area (Å²) >= 11 is 6.25. The fraction of sp³-hybridized carbons (Fsp3) is 0.222. The van der Waals surface area contributed by atoms with Gasteiger partial charge in [-0.2, -0.15) is 5.10 Å². The van der Waals surface area contributed by atoms with Gasteiger partial charge < -0.3 is 4.90 Å². The minimum Gasteiger partial charge on any atom is -0.333 e. The average molecular weight is 328 g/mol. The molecule has 0 bridgehead atoms. The summed E-state index contributed by atoms with van der Waals surface area (Å²) in [4.78, 5) is 14.5. The highest BCUT2D eigenvalue weighted by Gasteiger charge is 2.24. The number of aryl methyl sites for hydroxylation is 1. The van der Waals surface area contributed by atoms with Crippen molar-refractivity contribution in [2.45, 2.75) is 19.9 Å². The van der Waals surface area contributed by atoms with Gasteiger partial charge in [0.2, 0.25) is 0 Å². The third kappa shape index (κ3) is 2.82. The molecule has 0 spiro atoms. The van der Waals surface area contributed by atoms with Crippen LogP contribution in [0.25, 0.3) is 10.9 Å². The Kier molecular flexibility index (Phi) is 4.09. The number of halogens is 1. The Morgan fingerprint density at radius 3 is 2.74 bits per heavy atom. The molecule has 23 heavy (non-hydrogen) atoms. The molecule has 118 valence electrons. The first-order chi connectivity index (χ1) is 11.0. The summed E-state index contributed by atoms with van der Waals surface area (Å²) in [5.74, 6) is -0.130. The van der Waals surface area contributed by atoms with Crippen molar-refractivity contribution in [3.05, 3.63) is 64.3 Å². The third-order valence-electron chi connectivity index (χ3n) is 4.18. The Morgan fingerprint density at radius 1 is 1.26 bits per heavy atom. The number of nitrogens with one attached hydrogen (secondary N) is 1. The third-order valence-corrected chi connectivity index (χ3v) is 4.52. The molecule has 0 saturated carbocycles. The lowest BCUT2D eigenvalue weighted by Gasteiger charge is -2.25. The summed E-state index contributed by atoms with van der Waals surface area (Å²) in [5.41, 5.74) is 3.30. The molecule has 0 aliphatic rings. The first kappa shape index (κ1) is 15.6. The Bertz CT molecular complexity index is 872. The lowest BCUT2D eigenvalue weighted by Crippen LogP contribution is -2.30. The van der Waals surface area contributed by atoms with E-state index in [1.807, 2.05) is 56.3 Å². The fourth-order valence-electron chi connectivity index (χ4n) is 2.66. The van der Waals surface area contributed by atoms with Gasteiger partial charge in [0.1, 0.15) is 0 Å². The molecule has 1 unspecified atom stereocenters. The summed E-state index contributed by atoms with van der Waals surface area (Å²) < 4.78 is 0. The van der Waals surface area contributed by atoms with E-state index in [-0.39, 0.29) is 11.9 Å². The van der Waals surface area contributed by atoms with Crippen LogP contribution < -0.4 is 0 Å². The lowest BCUT2D eigenvalue weighted by molar-refractivity contribution is 0.0738. The van der Waals surface area contributed by atoms with Crippen LogP contribution in [0, 0.1) is 6.92 Å². The van der Waals surface area contributed by atoms with Gasteiger partial charge in [-0.3, -0.25) is 9.89 Å². The summed E-state index contributed by atoms with van der Waals surface area (Å²) in [7, 11) is 1.77. The molecule has 3 aromatic rings. The van der Waals surface area contributed by atoms with Crippen LogP contribution >= 0.6 is 11.6 Å². The van der Waals surface area contributed by atoms with Crippen LogP contribution in [-0.4, -0.2) is 28.1 Å². The maximum atomic E-state index is 12.9. The fourth-order valence-corrected chi connectivity index (χ4v) is 2.95. The number of amides is 1. The highest BCUT2D eigenvalue weighted by atomic mass is 35.5. The Morgan fingerprint density at radius 2 is 2.00 bits per heavy atom. The van der Waals surface area contributed by atoms with Crippen LogP contribution in [0.15, 0.2) is 42.5 Å². The number of hydrogen-bond donors (Lipinski definition) is 1. The van der Waals surface area contributed by atoms with Gasteiger partial charge in [-0.05, 0) is 37.6 Å². The van der Waals surface area contributed by atoms with Crippen LogP contribution in [0.3, 0.4) is 0 Å². The molecule has 5 heteroatoms. The van der Waals surface area contributed by atoms with Crippen molar-refractivity contribution < 1.29 is 4.79 Å². The van der Waals surface area contributed by atoms with Crippen molar-refractivity contribution in [3.8, 4) is 0 Å². The molecule has 0 aliphatic carbocycles. The molecule has 3 rings (SSSR count). The van der Waals surface area contributed by atoms with E-state index in [4.69, 9.17) is 11.6 Å². The van der Waals surface area contributed by atoms with Gasteiger partial charge in [-0.25, -0.2) is 0 Å². The standard InChI is InChI=1S/C18H18ClN3O/c1-11-8-9-16-14(10-11)17(21-20-16)18(23)22(3)12(2)13-6-4-5-7-15(13)19/h4-10,12H,1-3H3,(H,20,21). The molecule has 4 nitrogen and oxygen atoms in total. The maximum absolute atomic E-state index is 12.9. The lowest BCUT2D eigenvalue weighted by atomic mass is 10.1. The number of hydrogen-bond acceptors (Lipinski definition) is 2. The zero-order chi connectivity index (χ0) is 16.6. The summed E-state index contributed by atoms with van der Waals surface area (Å²) in [6.07, 6.45) is 0. The molecular formula is C18H18ClN3O. The number of nitrogens with zero attached hydrogens (tertiary/aromatic N) is 2. The second-order valence-corrected chi connectivity index (χ2v) is 6.14. The van der Waals surface area contributed by atoms with Gasteiger partial charge >= 0.3 is 0 Å². The Hall–Kier alpha value is -2.33. The molecule has 0 saturated heterocycles. The number of benzene rings is 2. The number of rotatable bonds is 3. The smallest absolute Gasteiger partial charge is 0.275 e. The number of fused-ring (bicyclic) bond motifs is 1. The second kappa shape index (κ2) is 6.05. The molecule has 1 amide bonds. The van der Waals surface area contributed by atoms with Crippen molar-refractivity contribution in [1.29, 1.82) is 0 Å². The molecule has 2 aromatic carbocycles. The van der Waals surface area contributed by atoms with Crippen LogP contribution in [0.5, 0.6) is 0 Å². The van der Waals surface area contributed by atoms with E-state index in [1.54, 1.807) is 11.9 Å². The first-order valence-corrected chi connectivity index (χ1v) is 7.83. The van der Waals surface area contributed by atoms with Gasteiger partial charge in [-0.15, -0.1) is 0 Å². The van der Waals surface area contributed by atoms with Crippen molar-refractivity contribution in [1.82, 2.24) is 15.1 Å². The van der Waals surface area contributed by atoms with Crippen LogP contribution in [-0.2, 0) is 0 Å². The predicted molar refractivity (Wildman–Crippen MR) is 92.8 cm³/mol. The molecular weight excluding hydrogens is 310 g/mol. The van der Waals surface area contributed by atoms with E-state index in [9.17, 15) is 4.79 Å². The largest absolute Gasteiger partial charge is 0.333 e. The van der Waals surface area contributed by atoms with Crippen molar-refractivity contribution in [2.24, 2.45) is 0 Å². The number of aromatic amines is 1. The Labute approximate surface area is 140 Å². The van der Waals surface area contributed by atoms with E-state index in [0.29, 0.717) is 10.7 Å². The summed E-state index contributed by atoms with van der Waals surface area (Å²) in [5, 5.41) is 8.62. The molecule has 0 aliphatic heterocycles. The van der Waals surface area contributed by atoms with Gasteiger partial charge in [0.15, 0.2) is 5.69 Å². The summed E-state index contributed by atoms with van der Waals surface area (Å²) in [6.45, 7) is 3.95. The highest BCUT2D eigenvalue weighted by Crippen LogP contribution is 2.28. The number of carbonyl (C=O) groups excluding carboxylic acids is 1. The zero-order valence-corrected chi connectivity index (χ0v) is 14.1. The predicted octanol–water partition coefficient (Wildman–Crippen LogP) is 4.36. The monoisotopic (exact) mass is 327 g/mol. The van der Waals surface area contributed by atoms with Gasteiger partial charge in [0.05, 0.1) is 11.6 Å². The van der Waals surface area contributed by atoms with E-state index in [2.05, 4.69) is 10.2 Å². The van der Waals surface area contributed by atoms with E-state index >= 15 is 0 Å². The topological polar surface area (TPSA) is 49.0 Å². The first-order valence-electron chi connectivity index (χ1n) is 7.45. The molecule has 1 atom stereocenters. The quantitative estimate of drug-likeness (QED) is 0.777. The van der Waals surface area contributed by atoms with Crippen LogP contribution in [0.1, 0.15) is 34.6 Å². The van der Waals surface area contributed by atoms with Crippen LogP contribution in [0.4, 0.5) is 0 Å². The van der Waals surface area contributed by atoms with Crippen molar-refractivity contribution in [3.63, 3.8) is 0 Å². The van der Waals surface area contributed by atoms with Crippen molar-refractivity contribution >= 4 is 28.4 Å². The Balaban J connectivity index is 1.95. The molecule has 1 aromatic heterocycles. The summed E-state index contributed by atoms with van der Waals surface area (Å²) in [6, 6.07) is 13.3. The van der Waals surface area contributed by atoms with E-state index in [1.165, 1.54) is 0 Å². The average Bonchev–Trinajstić information content (AvgIpc) is 2.96. The SMILES string of the molecule is Cc1ccc2[nH]nc(C(=O)N(C)C(C)c3ccccc3Cl)c2c1. The number of carbonyl (C=O) groups is 1. The second-order valence-electron chi connectivity index (χ2n) is 5.73. The van der Waals surface area contributed by atoms with E-state index in [0.717, 1.165) is 22.0 Å². The number of aromatic nitrogens is 2. The maximum Gasteiger partial charge on any atom is 0.275 e. The minimum absolute atomic E-state index is 0.130.